The summed E-state index contributed by atoms with van der Waals surface area (Å²) in [6, 6.07) is -1.24. The van der Waals surface area contributed by atoms with Gasteiger partial charge in [-0.2, -0.15) is 8.42 Å². The standard InChI is InChI=1S/C9H19NO8S/c11-4-6(8(14)9(15)7(13)5-12)10-2-1-3-19(16,17)18/h4,6-10,12-15H,1-3,5H2,(H,16,17,18)/t6-,7+,8+,9+/m0/s1. The second kappa shape index (κ2) is 8.53. The van der Waals surface area contributed by atoms with Crippen LogP contribution in [-0.4, -0.2) is 82.9 Å². The highest BCUT2D eigenvalue weighted by atomic mass is 32.2. The molecule has 0 saturated heterocycles. The molecule has 19 heavy (non-hydrogen) atoms. The third-order valence-electron chi connectivity index (χ3n) is 2.40. The average Bonchev–Trinajstić information content (AvgIpc) is 2.35. The predicted octanol–water partition coefficient (Wildman–Crippen LogP) is -3.50. The topological polar surface area (TPSA) is 164 Å². The molecule has 0 radical (unpaired) electrons. The Bertz CT molecular complexity index is 359. The van der Waals surface area contributed by atoms with Crippen molar-refractivity contribution in [2.45, 2.75) is 30.8 Å². The minimum atomic E-state index is -4.10. The molecular weight excluding hydrogens is 282 g/mol. The highest BCUT2D eigenvalue weighted by Crippen LogP contribution is 2.04. The fraction of sp³-hybridized carbons (Fsp3) is 0.889. The van der Waals surface area contributed by atoms with Crippen LogP contribution in [0.4, 0.5) is 0 Å². The Morgan fingerprint density at radius 3 is 2.16 bits per heavy atom. The molecule has 0 unspecified atom stereocenters. The lowest BCUT2D eigenvalue weighted by Gasteiger charge is -2.26. The second-order valence-electron chi connectivity index (χ2n) is 3.99. The Kier molecular flexibility index (Phi) is 8.25. The number of nitrogens with one attached hydrogen (secondary N) is 1. The van der Waals surface area contributed by atoms with Gasteiger partial charge in [-0.05, 0) is 13.0 Å². The van der Waals surface area contributed by atoms with Crippen LogP contribution in [0.5, 0.6) is 0 Å². The van der Waals surface area contributed by atoms with Gasteiger partial charge in [0.05, 0.1) is 18.4 Å². The fourth-order valence-electron chi connectivity index (χ4n) is 1.32. The van der Waals surface area contributed by atoms with E-state index in [1.165, 1.54) is 0 Å². The van der Waals surface area contributed by atoms with E-state index in [4.69, 9.17) is 14.8 Å². The van der Waals surface area contributed by atoms with E-state index in [9.17, 15) is 23.4 Å². The molecular formula is C9H19NO8S. The smallest absolute Gasteiger partial charge is 0.264 e. The van der Waals surface area contributed by atoms with Crippen LogP contribution < -0.4 is 5.32 Å². The van der Waals surface area contributed by atoms with Crippen LogP contribution in [0.15, 0.2) is 0 Å². The highest BCUT2D eigenvalue weighted by molar-refractivity contribution is 7.85. The first-order valence-electron chi connectivity index (χ1n) is 5.51. The molecule has 0 bridgehead atoms. The lowest BCUT2D eigenvalue weighted by Crippen LogP contribution is -2.52. The summed E-state index contributed by atoms with van der Waals surface area (Å²) in [6.45, 7) is -0.797. The van der Waals surface area contributed by atoms with Gasteiger partial charge in [-0.1, -0.05) is 0 Å². The number of carbonyl (C=O) groups is 1. The summed E-state index contributed by atoms with van der Waals surface area (Å²) in [5.41, 5.74) is 0. The van der Waals surface area contributed by atoms with Crippen LogP contribution in [0.3, 0.4) is 0 Å². The zero-order valence-electron chi connectivity index (χ0n) is 10.1. The van der Waals surface area contributed by atoms with Gasteiger partial charge in [0, 0.05) is 0 Å². The zero-order chi connectivity index (χ0) is 15.1. The Morgan fingerprint density at radius 1 is 1.16 bits per heavy atom. The van der Waals surface area contributed by atoms with Gasteiger partial charge in [-0.25, -0.2) is 0 Å². The molecule has 4 atom stereocenters. The first kappa shape index (κ1) is 18.4. The molecule has 0 aromatic carbocycles. The molecule has 0 spiro atoms. The summed E-state index contributed by atoms with van der Waals surface area (Å²) in [6.07, 6.45) is -4.71. The van der Waals surface area contributed by atoms with E-state index in [0.717, 1.165) is 0 Å². The van der Waals surface area contributed by atoms with Gasteiger partial charge in [-0.3, -0.25) is 4.55 Å². The summed E-state index contributed by atoms with van der Waals surface area (Å²) in [5, 5.41) is 39.1. The molecule has 9 nitrogen and oxygen atoms in total. The molecule has 0 aromatic heterocycles. The molecule has 0 aliphatic heterocycles. The summed E-state index contributed by atoms with van der Waals surface area (Å²) in [4.78, 5) is 10.7. The van der Waals surface area contributed by atoms with Crippen molar-refractivity contribution in [2.75, 3.05) is 18.9 Å². The Morgan fingerprint density at radius 2 is 1.74 bits per heavy atom. The Balaban J connectivity index is 4.23. The largest absolute Gasteiger partial charge is 0.394 e. The maximum atomic E-state index is 10.7. The molecule has 0 saturated carbocycles. The van der Waals surface area contributed by atoms with Gasteiger partial charge in [0.25, 0.3) is 10.1 Å². The van der Waals surface area contributed by atoms with Gasteiger partial charge >= 0.3 is 0 Å². The minimum absolute atomic E-state index is 0.00541. The summed E-state index contributed by atoms with van der Waals surface area (Å²) in [7, 11) is -4.10. The Hall–Kier alpha value is -0.620. The molecule has 6 N–H and O–H groups in total. The van der Waals surface area contributed by atoms with E-state index in [2.05, 4.69) is 5.32 Å². The number of aliphatic hydroxyl groups excluding tert-OH is 4. The molecule has 10 heteroatoms. The van der Waals surface area contributed by atoms with Gasteiger partial charge in [-0.15, -0.1) is 0 Å². The van der Waals surface area contributed by atoms with E-state index in [-0.39, 0.29) is 19.3 Å². The number of aldehydes is 1. The first-order chi connectivity index (χ1) is 8.72. The van der Waals surface area contributed by atoms with Gasteiger partial charge < -0.3 is 30.5 Å². The molecule has 0 fully saturated rings. The second-order valence-corrected chi connectivity index (χ2v) is 5.56. The van der Waals surface area contributed by atoms with Gasteiger partial charge in [0.1, 0.15) is 24.6 Å². The van der Waals surface area contributed by atoms with Crippen molar-refractivity contribution in [2.24, 2.45) is 0 Å². The van der Waals surface area contributed by atoms with E-state index in [1.807, 2.05) is 0 Å². The van der Waals surface area contributed by atoms with Crippen molar-refractivity contribution in [3.63, 3.8) is 0 Å². The SMILES string of the molecule is O=C[C@H](NCCCS(=O)(=O)O)[C@@H](O)[C@H](O)[C@H](O)CO. The van der Waals surface area contributed by atoms with Crippen molar-refractivity contribution in [3.05, 3.63) is 0 Å². The van der Waals surface area contributed by atoms with Crippen LogP contribution >= 0.6 is 0 Å². The number of hydrogen-bond acceptors (Lipinski definition) is 8. The van der Waals surface area contributed by atoms with Gasteiger partial charge in [0.2, 0.25) is 0 Å². The summed E-state index contributed by atoms with van der Waals surface area (Å²) >= 11 is 0. The van der Waals surface area contributed by atoms with Crippen molar-refractivity contribution in [3.8, 4) is 0 Å². The third kappa shape index (κ3) is 7.52. The zero-order valence-corrected chi connectivity index (χ0v) is 10.9. The normalized spacial score (nSPS) is 18.6. The fourth-order valence-corrected chi connectivity index (χ4v) is 1.83. The minimum Gasteiger partial charge on any atom is -0.394 e. The number of hydrogen-bond donors (Lipinski definition) is 6. The first-order valence-corrected chi connectivity index (χ1v) is 7.12. The lowest BCUT2D eigenvalue weighted by molar-refractivity contribution is -0.120. The molecule has 0 rings (SSSR count). The molecule has 0 aliphatic rings. The lowest BCUT2D eigenvalue weighted by atomic mass is 10.0. The quantitative estimate of drug-likeness (QED) is 0.136. The maximum absolute atomic E-state index is 10.7. The number of aliphatic hydroxyl groups is 4. The van der Waals surface area contributed by atoms with Crippen molar-refractivity contribution in [1.82, 2.24) is 5.32 Å². The number of carbonyl (C=O) groups excluding carboxylic acids is 1. The molecule has 0 heterocycles. The molecule has 114 valence electrons. The van der Waals surface area contributed by atoms with Crippen LogP contribution in [-0.2, 0) is 14.9 Å². The van der Waals surface area contributed by atoms with E-state index in [1.54, 1.807) is 0 Å². The monoisotopic (exact) mass is 301 g/mol. The van der Waals surface area contributed by atoms with Crippen molar-refractivity contribution < 1.29 is 38.2 Å². The summed E-state index contributed by atoms with van der Waals surface area (Å²) < 4.78 is 29.3. The summed E-state index contributed by atoms with van der Waals surface area (Å²) in [5.74, 6) is -0.510. The van der Waals surface area contributed by atoms with Crippen LogP contribution in [0.25, 0.3) is 0 Å². The van der Waals surface area contributed by atoms with E-state index in [0.29, 0.717) is 0 Å². The highest BCUT2D eigenvalue weighted by Gasteiger charge is 2.30. The molecule has 0 amide bonds. The van der Waals surface area contributed by atoms with E-state index >= 15 is 0 Å². The van der Waals surface area contributed by atoms with Crippen LogP contribution in [0.2, 0.25) is 0 Å². The van der Waals surface area contributed by atoms with Crippen LogP contribution in [0, 0.1) is 0 Å². The predicted molar refractivity (Wildman–Crippen MR) is 64.0 cm³/mol. The molecule has 0 aromatic rings. The molecule has 0 aliphatic carbocycles. The van der Waals surface area contributed by atoms with E-state index < -0.39 is 46.8 Å². The van der Waals surface area contributed by atoms with Crippen LogP contribution in [0.1, 0.15) is 6.42 Å². The van der Waals surface area contributed by atoms with Crippen molar-refractivity contribution >= 4 is 16.4 Å². The van der Waals surface area contributed by atoms with Gasteiger partial charge in [0.15, 0.2) is 0 Å². The maximum Gasteiger partial charge on any atom is 0.264 e. The average molecular weight is 301 g/mol. The third-order valence-corrected chi connectivity index (χ3v) is 3.21. The Labute approximate surface area is 110 Å². The van der Waals surface area contributed by atoms with Crippen molar-refractivity contribution in [1.29, 1.82) is 0 Å². The number of rotatable bonds is 10.